The van der Waals surface area contributed by atoms with E-state index >= 15 is 0 Å². The summed E-state index contributed by atoms with van der Waals surface area (Å²) in [5, 5.41) is 30.0. The third-order valence-corrected chi connectivity index (χ3v) is 9.88. The number of phosphoric ester groups is 2. The zero-order valence-electron chi connectivity index (χ0n) is 33.6. The predicted molar refractivity (Wildman–Crippen MR) is 214 cm³/mol. The van der Waals surface area contributed by atoms with Crippen molar-refractivity contribution in [2.75, 3.05) is 26.4 Å². The molecule has 0 saturated heterocycles. The number of hydrogen-bond acceptors (Lipinski definition) is 12. The average molecular weight is 841 g/mol. The highest BCUT2D eigenvalue weighted by atomic mass is 31.2. The lowest BCUT2D eigenvalue weighted by molar-refractivity contribution is -0.161. The Morgan fingerprint density at radius 1 is 0.643 bits per heavy atom. The Morgan fingerprint density at radius 2 is 1.25 bits per heavy atom. The van der Waals surface area contributed by atoms with E-state index < -0.39 is 78.4 Å². The quantitative estimate of drug-likeness (QED) is 0.0119. The van der Waals surface area contributed by atoms with Crippen LogP contribution >= 0.6 is 15.6 Å². The highest BCUT2D eigenvalue weighted by molar-refractivity contribution is 7.47. The number of hydrogen-bond donors (Lipinski definition) is 6. The van der Waals surface area contributed by atoms with Gasteiger partial charge in [-0.1, -0.05) is 127 Å². The lowest BCUT2D eigenvalue weighted by Crippen LogP contribution is -2.30. The van der Waals surface area contributed by atoms with E-state index in [1.54, 1.807) is 36.5 Å². The summed E-state index contributed by atoms with van der Waals surface area (Å²) in [6.45, 7) is 3.62. The van der Waals surface area contributed by atoms with Crippen molar-refractivity contribution in [2.24, 2.45) is 5.92 Å². The van der Waals surface area contributed by atoms with E-state index in [2.05, 4.69) is 35.9 Å². The summed E-state index contributed by atoms with van der Waals surface area (Å²) < 4.78 is 47.4. The lowest BCUT2D eigenvalue weighted by atomic mass is 10.00. The third kappa shape index (κ3) is 36.3. The van der Waals surface area contributed by atoms with Gasteiger partial charge in [-0.15, -0.1) is 0 Å². The second-order valence-corrected chi connectivity index (χ2v) is 16.5. The first-order valence-corrected chi connectivity index (χ1v) is 23.0. The molecule has 15 nitrogen and oxygen atoms in total. The molecular weight excluding hydrogens is 770 g/mol. The Bertz CT molecular complexity index is 1230. The Labute approximate surface area is 334 Å². The summed E-state index contributed by atoms with van der Waals surface area (Å²) in [4.78, 5) is 52.5. The molecule has 0 saturated carbocycles. The predicted octanol–water partition coefficient (Wildman–Crippen LogP) is 7.30. The number of allylic oxidation sites excluding steroid dienone is 5. The number of rotatable bonds is 36. The minimum absolute atomic E-state index is 0.130. The summed E-state index contributed by atoms with van der Waals surface area (Å²) in [7, 11) is -9.76. The van der Waals surface area contributed by atoms with Crippen molar-refractivity contribution in [3.05, 3.63) is 48.6 Å². The van der Waals surface area contributed by atoms with E-state index in [0.717, 1.165) is 44.4 Å². The summed E-state index contributed by atoms with van der Waals surface area (Å²) >= 11 is 0. The van der Waals surface area contributed by atoms with Crippen LogP contribution in [0.25, 0.3) is 0 Å². The standard InChI is InChI=1S/C39H70O15P2/c1-4-6-7-8-12-17-23-34(40)24-18-14-15-19-25-35(41)26-21-28-39(44)54-37(32-53-56(48,49)52-30-36(42)29-51-55(45,46)47)31-50-38(43)27-20-13-10-9-11-16-22-33(3)5-2/h12,14-15,17-19,24-25,33-37,40-42H,4-11,13,16,20-23,26-32H2,1-3H3,(H,48,49)(H2,45,46,47)/b15-14+,17-12-,24-18+,25-19-/t33?,34-,35-,36-,37+/m0/s1. The first-order chi connectivity index (χ1) is 26.6. The van der Waals surface area contributed by atoms with Gasteiger partial charge in [-0.3, -0.25) is 23.2 Å². The molecule has 0 aliphatic rings. The number of esters is 2. The summed E-state index contributed by atoms with van der Waals surface area (Å²) in [5.74, 6) is -0.550. The molecule has 0 aromatic rings. The maximum atomic E-state index is 12.6. The fourth-order valence-electron chi connectivity index (χ4n) is 4.93. The van der Waals surface area contributed by atoms with Crippen molar-refractivity contribution in [2.45, 2.75) is 154 Å². The van der Waals surface area contributed by atoms with Crippen LogP contribution in [0.5, 0.6) is 0 Å². The molecule has 17 heteroatoms. The van der Waals surface area contributed by atoms with E-state index in [4.69, 9.17) is 23.8 Å². The Morgan fingerprint density at radius 3 is 1.91 bits per heavy atom. The molecule has 0 radical (unpaired) electrons. The molecule has 0 bridgehead atoms. The van der Waals surface area contributed by atoms with Crippen molar-refractivity contribution in [3.63, 3.8) is 0 Å². The van der Waals surface area contributed by atoms with E-state index in [1.807, 2.05) is 6.08 Å². The van der Waals surface area contributed by atoms with Crippen molar-refractivity contribution in [3.8, 4) is 0 Å². The van der Waals surface area contributed by atoms with Gasteiger partial charge >= 0.3 is 27.6 Å². The van der Waals surface area contributed by atoms with E-state index in [-0.39, 0.29) is 25.7 Å². The van der Waals surface area contributed by atoms with E-state index in [0.29, 0.717) is 12.8 Å². The van der Waals surface area contributed by atoms with Crippen LogP contribution in [0, 0.1) is 5.92 Å². The molecule has 6 N–H and O–H groups in total. The first kappa shape index (κ1) is 54.0. The van der Waals surface area contributed by atoms with Crippen molar-refractivity contribution >= 4 is 27.6 Å². The minimum Gasteiger partial charge on any atom is -0.462 e. The van der Waals surface area contributed by atoms with Gasteiger partial charge in [-0.2, -0.15) is 0 Å². The van der Waals surface area contributed by atoms with Crippen LogP contribution in [0.3, 0.4) is 0 Å². The first-order valence-electron chi connectivity index (χ1n) is 19.9. The van der Waals surface area contributed by atoms with E-state index in [1.165, 1.54) is 32.1 Å². The molecule has 0 aliphatic carbocycles. The van der Waals surface area contributed by atoms with Crippen LogP contribution in [-0.4, -0.2) is 92.8 Å². The van der Waals surface area contributed by atoms with Crippen LogP contribution < -0.4 is 0 Å². The highest BCUT2D eigenvalue weighted by Gasteiger charge is 2.28. The second kappa shape index (κ2) is 33.9. The van der Waals surface area contributed by atoms with Gasteiger partial charge in [-0.25, -0.2) is 9.13 Å². The maximum absolute atomic E-state index is 12.6. The fraction of sp³-hybridized carbons (Fsp3) is 0.744. The van der Waals surface area contributed by atoms with Gasteiger partial charge in [0.25, 0.3) is 0 Å². The Kier molecular flexibility index (Phi) is 32.7. The van der Waals surface area contributed by atoms with Crippen molar-refractivity contribution in [1.82, 2.24) is 0 Å². The molecule has 0 heterocycles. The normalized spacial score (nSPS) is 16.4. The van der Waals surface area contributed by atoms with Gasteiger partial charge in [0.2, 0.25) is 0 Å². The van der Waals surface area contributed by atoms with Gasteiger partial charge in [0.15, 0.2) is 6.10 Å². The van der Waals surface area contributed by atoms with Crippen LogP contribution in [0.4, 0.5) is 0 Å². The molecule has 0 spiro atoms. The minimum atomic E-state index is -4.89. The molecule has 0 aliphatic heterocycles. The van der Waals surface area contributed by atoms with Crippen LogP contribution in [0.1, 0.15) is 130 Å². The molecule has 6 atom stereocenters. The number of phosphoric acid groups is 2. The van der Waals surface area contributed by atoms with Crippen molar-refractivity contribution in [1.29, 1.82) is 0 Å². The largest absolute Gasteiger partial charge is 0.472 e. The molecule has 0 aromatic heterocycles. The number of carbonyl (C=O) groups is 2. The van der Waals surface area contributed by atoms with Crippen LogP contribution in [0.15, 0.2) is 48.6 Å². The number of aliphatic hydroxyl groups excluding tert-OH is 3. The summed E-state index contributed by atoms with van der Waals surface area (Å²) in [6.07, 6.45) is 23.4. The Hall–Kier alpha value is -2.00. The molecule has 0 rings (SSSR count). The van der Waals surface area contributed by atoms with Gasteiger partial charge in [-0.05, 0) is 44.4 Å². The Balaban J connectivity index is 4.86. The van der Waals surface area contributed by atoms with Gasteiger partial charge in [0.1, 0.15) is 12.7 Å². The average Bonchev–Trinajstić information content (AvgIpc) is 3.14. The topological polar surface area (TPSA) is 236 Å². The van der Waals surface area contributed by atoms with Gasteiger partial charge in [0, 0.05) is 12.8 Å². The third-order valence-electron chi connectivity index (χ3n) is 8.44. The number of ether oxygens (including phenoxy) is 2. The molecule has 326 valence electrons. The van der Waals surface area contributed by atoms with E-state index in [9.17, 15) is 38.9 Å². The lowest BCUT2D eigenvalue weighted by Gasteiger charge is -2.20. The molecule has 0 amide bonds. The maximum Gasteiger partial charge on any atom is 0.472 e. The van der Waals surface area contributed by atoms with Crippen LogP contribution in [0.2, 0.25) is 0 Å². The molecule has 56 heavy (non-hydrogen) atoms. The van der Waals surface area contributed by atoms with Crippen molar-refractivity contribution < 1.29 is 71.8 Å². The number of carbonyl (C=O) groups excluding carboxylic acids is 2. The van der Waals surface area contributed by atoms with Gasteiger partial charge in [0.05, 0.1) is 32.0 Å². The van der Waals surface area contributed by atoms with Crippen LogP contribution in [-0.2, 0) is 41.8 Å². The second-order valence-electron chi connectivity index (χ2n) is 13.9. The van der Waals surface area contributed by atoms with Gasteiger partial charge < -0.3 is 39.5 Å². The summed E-state index contributed by atoms with van der Waals surface area (Å²) in [6, 6.07) is 0. The summed E-state index contributed by atoms with van der Waals surface area (Å²) in [5.41, 5.74) is 0. The fourth-order valence-corrected chi connectivity index (χ4v) is 6.08. The highest BCUT2D eigenvalue weighted by Crippen LogP contribution is 2.43. The zero-order valence-corrected chi connectivity index (χ0v) is 35.4. The molecule has 2 unspecified atom stereocenters. The molecule has 0 fully saturated rings. The number of aliphatic hydroxyl groups is 3. The monoisotopic (exact) mass is 840 g/mol. The SMILES string of the molecule is CCCCC/C=C\C[C@H](O)/C=C/C=C/C=C\[C@H](O)CCCC(=O)O[C@H](COC(=O)CCCCCCCCC(C)CC)COP(=O)(O)OC[C@@H](O)COP(=O)(O)O. The number of unbranched alkanes of at least 4 members (excludes halogenated alkanes) is 8. The molecule has 0 aromatic carbocycles. The zero-order chi connectivity index (χ0) is 42.1. The molecular formula is C39H70O15P2. The smallest absolute Gasteiger partial charge is 0.462 e.